The molecule has 1 aliphatic rings. The molecule has 1 atom stereocenters. The van der Waals surface area contributed by atoms with Crippen LogP contribution in [0.5, 0.6) is 0 Å². The number of hydrogen-bond donors (Lipinski definition) is 2. The third-order valence-corrected chi connectivity index (χ3v) is 5.51. The molecule has 1 aliphatic heterocycles. The SMILES string of the molecule is N#Cc1ccc(CC(O)(C(=O)Nc2ccc(C#N)c(Cl)c2)C2CCOCC2)cc1. The Bertz CT molecular complexity index is 972. The Kier molecular flexibility index (Phi) is 6.51. The van der Waals surface area contributed by atoms with Crippen molar-refractivity contribution in [3.8, 4) is 12.1 Å². The van der Waals surface area contributed by atoms with Gasteiger partial charge in [0.2, 0.25) is 0 Å². The molecule has 1 fully saturated rings. The second kappa shape index (κ2) is 9.07. The molecule has 0 spiro atoms. The minimum atomic E-state index is -1.65. The smallest absolute Gasteiger partial charge is 0.256 e. The number of hydrogen-bond acceptors (Lipinski definition) is 5. The van der Waals surface area contributed by atoms with Crippen LogP contribution in [0.15, 0.2) is 42.5 Å². The number of aliphatic hydroxyl groups is 1. The molecule has 0 saturated carbocycles. The Labute approximate surface area is 174 Å². The van der Waals surface area contributed by atoms with E-state index in [4.69, 9.17) is 26.9 Å². The lowest BCUT2D eigenvalue weighted by Gasteiger charge is -2.37. The maximum absolute atomic E-state index is 13.2. The fraction of sp³-hybridized carbons (Fsp3) is 0.318. The van der Waals surface area contributed by atoms with Gasteiger partial charge in [-0.1, -0.05) is 23.7 Å². The molecule has 1 unspecified atom stereocenters. The van der Waals surface area contributed by atoms with Gasteiger partial charge in [-0.15, -0.1) is 0 Å². The first kappa shape index (κ1) is 20.8. The molecular weight excluding hydrogens is 390 g/mol. The van der Waals surface area contributed by atoms with Gasteiger partial charge in [0, 0.05) is 31.2 Å². The predicted molar refractivity (Wildman–Crippen MR) is 108 cm³/mol. The van der Waals surface area contributed by atoms with Gasteiger partial charge in [0.1, 0.15) is 11.7 Å². The van der Waals surface area contributed by atoms with Crippen LogP contribution in [0.4, 0.5) is 5.69 Å². The Balaban J connectivity index is 1.87. The summed E-state index contributed by atoms with van der Waals surface area (Å²) in [4.78, 5) is 13.2. The highest BCUT2D eigenvalue weighted by Crippen LogP contribution is 2.32. The zero-order valence-corrected chi connectivity index (χ0v) is 16.4. The average Bonchev–Trinajstić information content (AvgIpc) is 2.75. The lowest BCUT2D eigenvalue weighted by molar-refractivity contribution is -0.144. The largest absolute Gasteiger partial charge is 0.381 e. The van der Waals surface area contributed by atoms with Gasteiger partial charge in [-0.25, -0.2) is 0 Å². The number of rotatable bonds is 5. The van der Waals surface area contributed by atoms with E-state index in [1.165, 1.54) is 12.1 Å². The van der Waals surface area contributed by atoms with Crippen molar-refractivity contribution in [2.24, 2.45) is 5.92 Å². The van der Waals surface area contributed by atoms with Gasteiger partial charge in [0.05, 0.1) is 22.2 Å². The lowest BCUT2D eigenvalue weighted by Crippen LogP contribution is -2.52. The fourth-order valence-corrected chi connectivity index (χ4v) is 3.74. The fourth-order valence-electron chi connectivity index (χ4n) is 3.52. The van der Waals surface area contributed by atoms with Gasteiger partial charge in [-0.2, -0.15) is 10.5 Å². The van der Waals surface area contributed by atoms with Crippen LogP contribution in [0.2, 0.25) is 5.02 Å². The molecule has 0 aliphatic carbocycles. The molecule has 1 saturated heterocycles. The summed E-state index contributed by atoms with van der Waals surface area (Å²) in [6, 6.07) is 15.4. The first-order chi connectivity index (χ1) is 14.0. The lowest BCUT2D eigenvalue weighted by atomic mass is 9.77. The van der Waals surface area contributed by atoms with E-state index in [1.54, 1.807) is 30.3 Å². The molecular formula is C22H20ClN3O3. The van der Waals surface area contributed by atoms with Crippen LogP contribution in [0.1, 0.15) is 29.5 Å². The molecule has 29 heavy (non-hydrogen) atoms. The first-order valence-corrected chi connectivity index (χ1v) is 9.64. The molecule has 2 N–H and O–H groups in total. The van der Waals surface area contributed by atoms with E-state index in [0.717, 1.165) is 5.56 Å². The second-order valence-electron chi connectivity index (χ2n) is 7.06. The van der Waals surface area contributed by atoms with Gasteiger partial charge >= 0.3 is 0 Å². The quantitative estimate of drug-likeness (QED) is 0.786. The molecule has 1 heterocycles. The first-order valence-electron chi connectivity index (χ1n) is 9.26. The van der Waals surface area contributed by atoms with Crippen LogP contribution in [0.3, 0.4) is 0 Å². The van der Waals surface area contributed by atoms with E-state index < -0.39 is 11.5 Å². The van der Waals surface area contributed by atoms with E-state index in [2.05, 4.69) is 11.4 Å². The van der Waals surface area contributed by atoms with E-state index in [-0.39, 0.29) is 17.4 Å². The monoisotopic (exact) mass is 409 g/mol. The van der Waals surface area contributed by atoms with E-state index >= 15 is 0 Å². The molecule has 148 valence electrons. The van der Waals surface area contributed by atoms with Crippen molar-refractivity contribution in [1.29, 1.82) is 10.5 Å². The Morgan fingerprint density at radius 3 is 2.45 bits per heavy atom. The number of nitriles is 2. The van der Waals surface area contributed by atoms with Gasteiger partial charge in [0.15, 0.2) is 0 Å². The Hall–Kier alpha value is -2.90. The average molecular weight is 410 g/mol. The summed E-state index contributed by atoms with van der Waals surface area (Å²) in [5.74, 6) is -0.810. The van der Waals surface area contributed by atoms with Crippen molar-refractivity contribution in [1.82, 2.24) is 0 Å². The molecule has 3 rings (SSSR count). The third-order valence-electron chi connectivity index (χ3n) is 5.19. The second-order valence-corrected chi connectivity index (χ2v) is 7.46. The summed E-state index contributed by atoms with van der Waals surface area (Å²) in [5.41, 5.74) is 0.329. The summed E-state index contributed by atoms with van der Waals surface area (Å²) < 4.78 is 5.39. The Morgan fingerprint density at radius 1 is 1.17 bits per heavy atom. The van der Waals surface area contributed by atoms with Crippen LogP contribution >= 0.6 is 11.6 Å². The van der Waals surface area contributed by atoms with Gasteiger partial charge in [-0.05, 0) is 48.7 Å². The summed E-state index contributed by atoms with van der Waals surface area (Å²) in [7, 11) is 0. The van der Waals surface area contributed by atoms with Crippen molar-refractivity contribution in [2.45, 2.75) is 24.9 Å². The van der Waals surface area contributed by atoms with Crippen LogP contribution in [0.25, 0.3) is 0 Å². The maximum atomic E-state index is 13.2. The number of amides is 1. The van der Waals surface area contributed by atoms with Crippen molar-refractivity contribution in [3.05, 3.63) is 64.2 Å². The van der Waals surface area contributed by atoms with Crippen molar-refractivity contribution in [2.75, 3.05) is 18.5 Å². The van der Waals surface area contributed by atoms with E-state index in [9.17, 15) is 9.90 Å². The van der Waals surface area contributed by atoms with Crippen LogP contribution in [-0.4, -0.2) is 29.8 Å². The Morgan fingerprint density at radius 2 is 1.86 bits per heavy atom. The number of anilines is 1. The summed E-state index contributed by atoms with van der Waals surface area (Å²) in [6.45, 7) is 0.965. The van der Waals surface area contributed by atoms with Gasteiger partial charge < -0.3 is 15.2 Å². The standard InChI is InChI=1S/C22H20ClN3O3/c23-20-11-19(6-5-17(20)14-25)26-21(27)22(28,18-7-9-29-10-8-18)12-15-1-3-16(13-24)4-2-15/h1-6,11,18,28H,7-10,12H2,(H,26,27). The third kappa shape index (κ3) is 4.75. The van der Waals surface area contributed by atoms with E-state index in [1.807, 2.05) is 6.07 Å². The topological polar surface area (TPSA) is 106 Å². The van der Waals surface area contributed by atoms with Crippen LogP contribution in [0, 0.1) is 28.6 Å². The molecule has 2 aromatic carbocycles. The highest BCUT2D eigenvalue weighted by molar-refractivity contribution is 6.32. The molecule has 1 amide bonds. The molecule has 2 aromatic rings. The minimum absolute atomic E-state index is 0.110. The highest BCUT2D eigenvalue weighted by atomic mass is 35.5. The minimum Gasteiger partial charge on any atom is -0.381 e. The molecule has 0 bridgehead atoms. The maximum Gasteiger partial charge on any atom is 0.256 e. The zero-order valence-electron chi connectivity index (χ0n) is 15.7. The number of ether oxygens (including phenoxy) is 1. The van der Waals surface area contributed by atoms with Crippen LogP contribution in [-0.2, 0) is 16.0 Å². The number of nitrogens with one attached hydrogen (secondary N) is 1. The van der Waals surface area contributed by atoms with Gasteiger partial charge in [-0.3, -0.25) is 4.79 Å². The number of nitrogens with zero attached hydrogens (tertiary/aromatic N) is 2. The molecule has 7 heteroatoms. The predicted octanol–water partition coefficient (Wildman–Crippen LogP) is 3.42. The van der Waals surface area contributed by atoms with Crippen molar-refractivity contribution < 1.29 is 14.6 Å². The number of benzene rings is 2. The highest BCUT2D eigenvalue weighted by Gasteiger charge is 2.44. The summed E-state index contributed by atoms with van der Waals surface area (Å²) in [6.07, 6.45) is 1.24. The summed E-state index contributed by atoms with van der Waals surface area (Å²) >= 11 is 6.06. The number of carbonyl (C=O) groups excluding carboxylic acids is 1. The molecule has 0 aromatic heterocycles. The number of halogens is 1. The normalized spacial score (nSPS) is 16.3. The van der Waals surface area contributed by atoms with Gasteiger partial charge in [0.25, 0.3) is 5.91 Å². The van der Waals surface area contributed by atoms with E-state index in [0.29, 0.717) is 42.9 Å². The zero-order chi connectivity index (χ0) is 20.9. The number of carbonyl (C=O) groups is 1. The van der Waals surface area contributed by atoms with Crippen molar-refractivity contribution >= 4 is 23.2 Å². The molecule has 0 radical (unpaired) electrons. The summed E-state index contributed by atoms with van der Waals surface area (Å²) in [5, 5.41) is 32.4. The van der Waals surface area contributed by atoms with Crippen molar-refractivity contribution in [3.63, 3.8) is 0 Å². The van der Waals surface area contributed by atoms with Crippen LogP contribution < -0.4 is 5.32 Å². The molecule has 6 nitrogen and oxygen atoms in total.